The zero-order valence-corrected chi connectivity index (χ0v) is 7.22. The van der Waals surface area contributed by atoms with Crippen LogP contribution in [0.25, 0.3) is 0 Å². The van der Waals surface area contributed by atoms with Crippen LogP contribution >= 0.6 is 0 Å². The van der Waals surface area contributed by atoms with Gasteiger partial charge in [0.15, 0.2) is 0 Å². The lowest BCUT2D eigenvalue weighted by Crippen LogP contribution is -2.23. The van der Waals surface area contributed by atoms with Crippen LogP contribution in [0.2, 0.25) is 0 Å². The van der Waals surface area contributed by atoms with E-state index < -0.39 is 11.9 Å². The van der Waals surface area contributed by atoms with Gasteiger partial charge in [-0.1, -0.05) is 6.92 Å². The SMILES string of the molecule is CCOC(=O)[C@@H](CC)C(C)=O. The Bertz CT molecular complexity index is 151. The molecule has 0 aromatic carbocycles. The van der Waals surface area contributed by atoms with E-state index in [1.807, 2.05) is 0 Å². The van der Waals surface area contributed by atoms with Crippen LogP contribution in [0, 0.1) is 5.92 Å². The van der Waals surface area contributed by atoms with Crippen molar-refractivity contribution in [3.63, 3.8) is 0 Å². The van der Waals surface area contributed by atoms with Crippen molar-refractivity contribution in [2.75, 3.05) is 6.61 Å². The van der Waals surface area contributed by atoms with E-state index in [4.69, 9.17) is 4.74 Å². The minimum Gasteiger partial charge on any atom is -0.465 e. The van der Waals surface area contributed by atoms with E-state index >= 15 is 0 Å². The zero-order chi connectivity index (χ0) is 8.85. The molecule has 0 aliphatic rings. The van der Waals surface area contributed by atoms with Gasteiger partial charge >= 0.3 is 5.97 Å². The Kier molecular flexibility index (Phi) is 4.50. The first kappa shape index (κ1) is 10.1. The summed E-state index contributed by atoms with van der Waals surface area (Å²) in [6.07, 6.45) is 0.522. The third-order valence-corrected chi connectivity index (χ3v) is 1.47. The third kappa shape index (κ3) is 3.16. The van der Waals surface area contributed by atoms with Crippen LogP contribution in [0.15, 0.2) is 0 Å². The Morgan fingerprint density at radius 3 is 2.18 bits per heavy atom. The van der Waals surface area contributed by atoms with Crippen LogP contribution in [-0.4, -0.2) is 18.4 Å². The molecule has 0 N–H and O–H groups in total. The molecule has 0 aromatic rings. The number of Topliss-reactive ketones (excluding diaryl/α,β-unsaturated/α-hetero) is 1. The summed E-state index contributed by atoms with van der Waals surface area (Å²) in [5, 5.41) is 0. The largest absolute Gasteiger partial charge is 0.465 e. The van der Waals surface area contributed by atoms with Gasteiger partial charge in [0.05, 0.1) is 6.61 Å². The topological polar surface area (TPSA) is 43.4 Å². The third-order valence-electron chi connectivity index (χ3n) is 1.47. The molecular formula is C8H14O3. The predicted octanol–water partition coefficient (Wildman–Crippen LogP) is 1.16. The molecule has 0 rings (SSSR count). The predicted molar refractivity (Wildman–Crippen MR) is 41.1 cm³/mol. The maximum atomic E-state index is 11.0. The van der Waals surface area contributed by atoms with Crippen molar-refractivity contribution in [3.05, 3.63) is 0 Å². The van der Waals surface area contributed by atoms with Crippen molar-refractivity contribution >= 4 is 11.8 Å². The Morgan fingerprint density at radius 2 is 1.91 bits per heavy atom. The van der Waals surface area contributed by atoms with Gasteiger partial charge in [-0.15, -0.1) is 0 Å². The normalized spacial score (nSPS) is 12.3. The average Bonchev–Trinajstić information content (AvgIpc) is 1.88. The molecule has 11 heavy (non-hydrogen) atoms. The highest BCUT2D eigenvalue weighted by Crippen LogP contribution is 2.05. The van der Waals surface area contributed by atoms with Crippen molar-refractivity contribution in [2.24, 2.45) is 5.92 Å². The fourth-order valence-electron chi connectivity index (χ4n) is 0.863. The monoisotopic (exact) mass is 158 g/mol. The summed E-state index contributed by atoms with van der Waals surface area (Å²) >= 11 is 0. The highest BCUT2D eigenvalue weighted by atomic mass is 16.5. The zero-order valence-electron chi connectivity index (χ0n) is 7.22. The Hall–Kier alpha value is -0.860. The summed E-state index contributed by atoms with van der Waals surface area (Å²) in [5.74, 6) is -1.08. The van der Waals surface area contributed by atoms with Crippen molar-refractivity contribution in [3.8, 4) is 0 Å². The van der Waals surface area contributed by atoms with Gasteiger partial charge in [0.2, 0.25) is 0 Å². The molecule has 0 unspecified atom stereocenters. The van der Waals surface area contributed by atoms with Crippen molar-refractivity contribution in [1.82, 2.24) is 0 Å². The van der Waals surface area contributed by atoms with Gasteiger partial charge in [0.1, 0.15) is 11.7 Å². The first-order chi connectivity index (χ1) is 5.13. The van der Waals surface area contributed by atoms with E-state index in [-0.39, 0.29) is 5.78 Å². The number of hydrogen-bond donors (Lipinski definition) is 0. The summed E-state index contributed by atoms with van der Waals surface area (Å²) in [6.45, 7) is 5.27. The number of esters is 1. The molecule has 0 bridgehead atoms. The molecule has 0 radical (unpaired) electrons. The lowest BCUT2D eigenvalue weighted by atomic mass is 10.0. The Labute approximate surface area is 66.7 Å². The standard InChI is InChI=1S/C8H14O3/c1-4-7(6(3)9)8(10)11-5-2/h7H,4-5H2,1-3H3/t7-/m0/s1. The summed E-state index contributed by atoms with van der Waals surface area (Å²) in [6, 6.07) is 0. The highest BCUT2D eigenvalue weighted by Gasteiger charge is 2.21. The Morgan fingerprint density at radius 1 is 1.36 bits per heavy atom. The lowest BCUT2D eigenvalue weighted by molar-refractivity contribution is -0.151. The van der Waals surface area contributed by atoms with E-state index in [2.05, 4.69) is 0 Å². The fourth-order valence-corrected chi connectivity index (χ4v) is 0.863. The van der Waals surface area contributed by atoms with Gasteiger partial charge in [-0.05, 0) is 20.3 Å². The van der Waals surface area contributed by atoms with E-state index in [1.165, 1.54) is 6.92 Å². The molecular weight excluding hydrogens is 144 g/mol. The number of hydrogen-bond acceptors (Lipinski definition) is 3. The molecule has 3 nitrogen and oxygen atoms in total. The first-order valence-corrected chi connectivity index (χ1v) is 3.80. The average molecular weight is 158 g/mol. The van der Waals surface area contributed by atoms with E-state index in [9.17, 15) is 9.59 Å². The van der Waals surface area contributed by atoms with Crippen molar-refractivity contribution < 1.29 is 14.3 Å². The lowest BCUT2D eigenvalue weighted by Gasteiger charge is -2.08. The molecule has 0 amide bonds. The smallest absolute Gasteiger partial charge is 0.316 e. The first-order valence-electron chi connectivity index (χ1n) is 3.80. The number of carbonyl (C=O) groups is 2. The minimum atomic E-state index is -0.560. The maximum Gasteiger partial charge on any atom is 0.316 e. The second-order valence-electron chi connectivity index (χ2n) is 2.32. The number of ketones is 1. The molecule has 1 atom stereocenters. The van der Waals surface area contributed by atoms with Crippen LogP contribution in [0.3, 0.4) is 0 Å². The molecule has 0 aliphatic heterocycles. The van der Waals surface area contributed by atoms with Gasteiger partial charge in [-0.3, -0.25) is 9.59 Å². The maximum absolute atomic E-state index is 11.0. The molecule has 0 saturated carbocycles. The van der Waals surface area contributed by atoms with Crippen molar-refractivity contribution in [1.29, 1.82) is 0 Å². The second-order valence-corrected chi connectivity index (χ2v) is 2.32. The minimum absolute atomic E-state index is 0.119. The number of ether oxygens (including phenoxy) is 1. The van der Waals surface area contributed by atoms with E-state index in [1.54, 1.807) is 13.8 Å². The van der Waals surface area contributed by atoms with Gasteiger partial charge in [-0.2, -0.15) is 0 Å². The summed E-state index contributed by atoms with van der Waals surface area (Å²) < 4.78 is 4.70. The molecule has 0 aromatic heterocycles. The van der Waals surface area contributed by atoms with E-state index in [0.717, 1.165) is 0 Å². The van der Waals surface area contributed by atoms with Crippen LogP contribution in [0.5, 0.6) is 0 Å². The Balaban J connectivity index is 4.03. The summed E-state index contributed by atoms with van der Waals surface area (Å²) in [7, 11) is 0. The van der Waals surface area contributed by atoms with Crippen LogP contribution in [0.1, 0.15) is 27.2 Å². The molecule has 3 heteroatoms. The van der Waals surface area contributed by atoms with Gasteiger partial charge in [0.25, 0.3) is 0 Å². The summed E-state index contributed by atoms with van der Waals surface area (Å²) in [5.41, 5.74) is 0. The molecule has 0 heterocycles. The van der Waals surface area contributed by atoms with Crippen LogP contribution < -0.4 is 0 Å². The molecule has 0 spiro atoms. The van der Waals surface area contributed by atoms with Gasteiger partial charge in [-0.25, -0.2) is 0 Å². The van der Waals surface area contributed by atoms with Crippen molar-refractivity contribution in [2.45, 2.75) is 27.2 Å². The summed E-state index contributed by atoms with van der Waals surface area (Å²) in [4.78, 5) is 21.8. The van der Waals surface area contributed by atoms with E-state index in [0.29, 0.717) is 13.0 Å². The molecule has 0 aliphatic carbocycles. The molecule has 64 valence electrons. The van der Waals surface area contributed by atoms with Crippen LogP contribution in [-0.2, 0) is 14.3 Å². The second kappa shape index (κ2) is 4.88. The number of rotatable bonds is 4. The van der Waals surface area contributed by atoms with Gasteiger partial charge < -0.3 is 4.74 Å². The quantitative estimate of drug-likeness (QED) is 0.455. The molecule has 0 fully saturated rings. The fraction of sp³-hybridized carbons (Fsp3) is 0.750. The van der Waals surface area contributed by atoms with Gasteiger partial charge in [0, 0.05) is 0 Å². The highest BCUT2D eigenvalue weighted by molar-refractivity contribution is 5.97. The number of carbonyl (C=O) groups excluding carboxylic acids is 2. The van der Waals surface area contributed by atoms with Crippen LogP contribution in [0.4, 0.5) is 0 Å². The molecule has 0 saturated heterocycles.